The van der Waals surface area contributed by atoms with E-state index in [2.05, 4.69) is 0 Å². The van der Waals surface area contributed by atoms with Crippen LogP contribution in [0.25, 0.3) is 0 Å². The highest BCUT2D eigenvalue weighted by atomic mass is 16.6. The maximum Gasteiger partial charge on any atom is 0.409 e. The fourth-order valence-corrected chi connectivity index (χ4v) is 4.69. The van der Waals surface area contributed by atoms with Gasteiger partial charge < -0.3 is 24.4 Å². The summed E-state index contributed by atoms with van der Waals surface area (Å²) in [5, 5.41) is 9.50. The van der Waals surface area contributed by atoms with E-state index in [1.165, 1.54) is 0 Å². The van der Waals surface area contributed by atoms with Gasteiger partial charge in [0.05, 0.1) is 25.2 Å². The third-order valence-corrected chi connectivity index (χ3v) is 5.85. The van der Waals surface area contributed by atoms with E-state index in [-0.39, 0.29) is 18.0 Å². The summed E-state index contributed by atoms with van der Waals surface area (Å²) >= 11 is 0. The van der Waals surface area contributed by atoms with E-state index < -0.39 is 29.5 Å². The largest absolute Gasteiger partial charge is 0.481 e. The number of carboxylic acid groups (broad SMARTS) is 1. The molecule has 8 heteroatoms. The third kappa shape index (κ3) is 2.34. The lowest BCUT2D eigenvalue weighted by molar-refractivity contribution is -0.148. The standard InChI is InChI=1S/C17H22N2O6/c1-2-24-16(23)18-7-4-10(5-8-18)19-9-17-6-3-11(25-17)12(15(21)22)13(17)14(19)20/h3,6,10-13H,2,4-5,7-9H2,1H3,(H,21,22)/t11-,12?,13?,17-/m1/s1. The second-order valence-electron chi connectivity index (χ2n) is 7.12. The molecule has 3 saturated heterocycles. The first-order chi connectivity index (χ1) is 12.0. The number of likely N-dealkylation sites (tertiary alicyclic amines) is 2. The smallest absolute Gasteiger partial charge is 0.409 e. The molecule has 4 aliphatic heterocycles. The van der Waals surface area contributed by atoms with Crippen molar-refractivity contribution in [3.8, 4) is 0 Å². The van der Waals surface area contributed by atoms with Gasteiger partial charge >= 0.3 is 12.1 Å². The Labute approximate surface area is 145 Å². The second-order valence-corrected chi connectivity index (χ2v) is 7.12. The van der Waals surface area contributed by atoms with Crippen molar-refractivity contribution in [1.82, 2.24) is 9.80 Å². The van der Waals surface area contributed by atoms with Crippen LogP contribution in [0, 0.1) is 11.8 Å². The minimum atomic E-state index is -0.978. The summed E-state index contributed by atoms with van der Waals surface area (Å²) in [5.74, 6) is -2.55. The lowest BCUT2D eigenvalue weighted by atomic mass is 9.77. The van der Waals surface area contributed by atoms with Crippen molar-refractivity contribution < 1.29 is 29.0 Å². The Bertz CT molecular complexity index is 641. The monoisotopic (exact) mass is 350 g/mol. The van der Waals surface area contributed by atoms with Crippen molar-refractivity contribution in [2.24, 2.45) is 11.8 Å². The topological polar surface area (TPSA) is 96.4 Å². The average Bonchev–Trinajstić information content (AvgIpc) is 3.23. The quantitative estimate of drug-likeness (QED) is 0.744. The van der Waals surface area contributed by atoms with Crippen LogP contribution >= 0.6 is 0 Å². The molecule has 4 heterocycles. The molecule has 0 aromatic heterocycles. The van der Waals surface area contributed by atoms with E-state index in [4.69, 9.17) is 9.47 Å². The number of piperidine rings is 1. The number of amides is 2. The van der Waals surface area contributed by atoms with Crippen LogP contribution in [0.15, 0.2) is 12.2 Å². The van der Waals surface area contributed by atoms with E-state index in [1.54, 1.807) is 22.8 Å². The Kier molecular flexibility index (Phi) is 3.75. The maximum atomic E-state index is 12.9. The number of rotatable bonds is 3. The van der Waals surface area contributed by atoms with Crippen molar-refractivity contribution in [3.63, 3.8) is 0 Å². The summed E-state index contributed by atoms with van der Waals surface area (Å²) < 4.78 is 10.9. The summed E-state index contributed by atoms with van der Waals surface area (Å²) in [6.07, 6.45) is 4.15. The minimum absolute atomic E-state index is 0.00338. The number of nitrogens with zero attached hydrogens (tertiary/aromatic N) is 2. The molecular formula is C17H22N2O6. The molecular weight excluding hydrogens is 328 g/mol. The Morgan fingerprint density at radius 2 is 2.12 bits per heavy atom. The first kappa shape index (κ1) is 16.4. The van der Waals surface area contributed by atoms with Crippen LogP contribution in [0.1, 0.15) is 19.8 Å². The Morgan fingerprint density at radius 1 is 1.40 bits per heavy atom. The molecule has 0 aliphatic carbocycles. The molecule has 1 spiro atoms. The summed E-state index contributed by atoms with van der Waals surface area (Å²) in [6, 6.07) is 0.00338. The lowest BCUT2D eigenvalue weighted by Crippen LogP contribution is -2.48. The van der Waals surface area contributed by atoms with E-state index >= 15 is 0 Å². The third-order valence-electron chi connectivity index (χ3n) is 5.85. The van der Waals surface area contributed by atoms with Crippen LogP contribution in [0.5, 0.6) is 0 Å². The normalized spacial score (nSPS) is 36.8. The van der Waals surface area contributed by atoms with Crippen LogP contribution in [-0.4, -0.2) is 76.9 Å². The molecule has 3 fully saturated rings. The molecule has 2 unspecified atom stereocenters. The van der Waals surface area contributed by atoms with Gasteiger partial charge in [-0.25, -0.2) is 4.79 Å². The van der Waals surface area contributed by atoms with Gasteiger partial charge in [-0.15, -0.1) is 0 Å². The molecule has 0 radical (unpaired) electrons. The van der Waals surface area contributed by atoms with E-state index in [9.17, 15) is 19.5 Å². The van der Waals surface area contributed by atoms with Crippen molar-refractivity contribution in [2.45, 2.75) is 37.5 Å². The van der Waals surface area contributed by atoms with Gasteiger partial charge in [0.25, 0.3) is 0 Å². The van der Waals surface area contributed by atoms with E-state index in [0.717, 1.165) is 0 Å². The molecule has 25 heavy (non-hydrogen) atoms. The van der Waals surface area contributed by atoms with Gasteiger partial charge in [-0.2, -0.15) is 0 Å². The van der Waals surface area contributed by atoms with Crippen LogP contribution in [0.4, 0.5) is 4.79 Å². The fraction of sp³-hybridized carbons (Fsp3) is 0.706. The van der Waals surface area contributed by atoms with Crippen LogP contribution in [0.2, 0.25) is 0 Å². The van der Waals surface area contributed by atoms with Crippen molar-refractivity contribution >= 4 is 18.0 Å². The molecule has 0 aromatic rings. The lowest BCUT2D eigenvalue weighted by Gasteiger charge is -2.37. The molecule has 136 valence electrons. The molecule has 2 amide bonds. The summed E-state index contributed by atoms with van der Waals surface area (Å²) in [7, 11) is 0. The first-order valence-electron chi connectivity index (χ1n) is 8.79. The number of hydrogen-bond acceptors (Lipinski definition) is 5. The zero-order valence-corrected chi connectivity index (χ0v) is 14.1. The summed E-state index contributed by atoms with van der Waals surface area (Å²) in [6.45, 7) is 3.58. The summed E-state index contributed by atoms with van der Waals surface area (Å²) in [5.41, 5.74) is -0.789. The highest BCUT2D eigenvalue weighted by Gasteiger charge is 2.67. The van der Waals surface area contributed by atoms with Gasteiger partial charge in [0.15, 0.2) is 0 Å². The SMILES string of the molecule is CCOC(=O)N1CCC(N2C[C@@]34C=C[C@@H](O3)C(C(=O)O)C4C2=O)CC1. The zero-order chi connectivity index (χ0) is 17.8. The van der Waals surface area contributed by atoms with Crippen LogP contribution < -0.4 is 0 Å². The summed E-state index contributed by atoms with van der Waals surface area (Å²) in [4.78, 5) is 39.8. The number of carbonyl (C=O) groups excluding carboxylic acids is 2. The molecule has 1 N–H and O–H groups in total. The second kappa shape index (κ2) is 5.72. The van der Waals surface area contributed by atoms with E-state index in [1.807, 2.05) is 6.08 Å². The Balaban J connectivity index is 1.46. The van der Waals surface area contributed by atoms with Crippen LogP contribution in [0.3, 0.4) is 0 Å². The number of hydrogen-bond donors (Lipinski definition) is 1. The van der Waals surface area contributed by atoms with Crippen molar-refractivity contribution in [1.29, 1.82) is 0 Å². The minimum Gasteiger partial charge on any atom is -0.481 e. The Hall–Kier alpha value is -2.09. The van der Waals surface area contributed by atoms with Gasteiger partial charge in [-0.1, -0.05) is 12.2 Å². The molecule has 8 nitrogen and oxygen atoms in total. The predicted octanol–water partition coefficient (Wildman–Crippen LogP) is 0.474. The highest BCUT2D eigenvalue weighted by Crippen LogP contribution is 2.52. The molecule has 4 aliphatic rings. The van der Waals surface area contributed by atoms with Crippen LogP contribution in [-0.2, 0) is 19.1 Å². The molecule has 0 saturated carbocycles. The molecule has 0 aromatic carbocycles. The molecule has 4 rings (SSSR count). The predicted molar refractivity (Wildman–Crippen MR) is 84.7 cm³/mol. The van der Waals surface area contributed by atoms with Crippen molar-refractivity contribution in [2.75, 3.05) is 26.2 Å². The number of ether oxygens (including phenoxy) is 2. The molecule has 4 atom stereocenters. The number of aliphatic carboxylic acids is 1. The van der Waals surface area contributed by atoms with Crippen molar-refractivity contribution in [3.05, 3.63) is 12.2 Å². The number of fused-ring (bicyclic) bond motifs is 1. The Morgan fingerprint density at radius 3 is 2.76 bits per heavy atom. The van der Waals surface area contributed by atoms with Gasteiger partial charge in [-0.3, -0.25) is 9.59 Å². The molecule has 2 bridgehead atoms. The number of carbonyl (C=O) groups is 3. The van der Waals surface area contributed by atoms with E-state index in [0.29, 0.717) is 39.1 Å². The number of carboxylic acids is 1. The first-order valence-corrected chi connectivity index (χ1v) is 8.79. The van der Waals surface area contributed by atoms with Gasteiger partial charge in [-0.05, 0) is 19.8 Å². The van der Waals surface area contributed by atoms with Gasteiger partial charge in [0.2, 0.25) is 5.91 Å². The van der Waals surface area contributed by atoms with Gasteiger partial charge in [0.1, 0.15) is 11.5 Å². The average molecular weight is 350 g/mol. The highest BCUT2D eigenvalue weighted by molar-refractivity contribution is 5.91. The zero-order valence-electron chi connectivity index (χ0n) is 14.1. The maximum absolute atomic E-state index is 12.9. The fourth-order valence-electron chi connectivity index (χ4n) is 4.69. The van der Waals surface area contributed by atoms with Gasteiger partial charge in [0, 0.05) is 19.1 Å².